The predicted molar refractivity (Wildman–Crippen MR) is 86.7 cm³/mol. The van der Waals surface area contributed by atoms with E-state index in [1.807, 2.05) is 12.1 Å². The minimum Gasteiger partial charge on any atom is -0.379 e. The fourth-order valence-corrected chi connectivity index (χ4v) is 4.23. The maximum Gasteiger partial charge on any atom is 0.152 e. The van der Waals surface area contributed by atoms with Crippen molar-refractivity contribution in [1.82, 2.24) is 4.98 Å². The third-order valence-electron chi connectivity index (χ3n) is 5.09. The average molecular weight is 299 g/mol. The van der Waals surface area contributed by atoms with Crippen molar-refractivity contribution in [1.29, 1.82) is 0 Å². The van der Waals surface area contributed by atoms with Crippen LogP contribution in [-0.4, -0.2) is 11.0 Å². The molecular weight excluding hydrogens is 280 g/mol. The van der Waals surface area contributed by atoms with Crippen LogP contribution in [0.2, 0.25) is 5.15 Å². The van der Waals surface area contributed by atoms with E-state index in [1.165, 1.54) is 36.8 Å². The molecule has 21 heavy (non-hydrogen) atoms. The number of benzene rings is 1. The molecule has 0 amide bonds. The predicted octanol–water partition coefficient (Wildman–Crippen LogP) is 4.34. The summed E-state index contributed by atoms with van der Waals surface area (Å²) in [6.07, 6.45) is 6.73. The Bertz CT molecular complexity index is 622. The second kappa shape index (κ2) is 5.34. The van der Waals surface area contributed by atoms with E-state index in [-0.39, 0.29) is 0 Å². The minimum absolute atomic E-state index is 0.513. The van der Waals surface area contributed by atoms with Crippen molar-refractivity contribution in [2.75, 3.05) is 5.32 Å². The van der Waals surface area contributed by atoms with E-state index in [1.54, 1.807) is 6.20 Å². The summed E-state index contributed by atoms with van der Waals surface area (Å²) in [5.74, 6) is 1.41. The number of fused-ring (bicyclic) bond motifs is 3. The topological polar surface area (TPSA) is 24.9 Å². The summed E-state index contributed by atoms with van der Waals surface area (Å²) >= 11 is 6.22. The molecule has 4 rings (SSSR count). The lowest BCUT2D eigenvalue weighted by Crippen LogP contribution is -2.31. The molecule has 2 aliphatic rings. The first kappa shape index (κ1) is 13.1. The highest BCUT2D eigenvalue weighted by Crippen LogP contribution is 2.41. The number of anilines is 1. The summed E-state index contributed by atoms with van der Waals surface area (Å²) < 4.78 is 0. The Hall–Kier alpha value is -1.54. The molecule has 2 aromatic rings. The van der Waals surface area contributed by atoms with Gasteiger partial charge in [0.25, 0.3) is 0 Å². The van der Waals surface area contributed by atoms with Crippen LogP contribution in [0.4, 0.5) is 5.69 Å². The van der Waals surface area contributed by atoms with Crippen molar-refractivity contribution >= 4 is 17.3 Å². The molecule has 0 spiro atoms. The van der Waals surface area contributed by atoms with Crippen LogP contribution in [0, 0.1) is 11.8 Å². The Balaban J connectivity index is 1.62. The van der Waals surface area contributed by atoms with Crippen molar-refractivity contribution < 1.29 is 0 Å². The van der Waals surface area contributed by atoms with Crippen molar-refractivity contribution in [3.05, 3.63) is 58.9 Å². The Morgan fingerprint density at radius 2 is 1.62 bits per heavy atom. The van der Waals surface area contributed by atoms with Crippen LogP contribution in [-0.2, 0) is 12.8 Å². The van der Waals surface area contributed by atoms with E-state index in [0.29, 0.717) is 23.0 Å². The molecule has 1 heterocycles. The molecule has 1 aromatic carbocycles. The number of aromatic nitrogens is 1. The number of halogens is 1. The second-order valence-electron chi connectivity index (χ2n) is 6.29. The lowest BCUT2D eigenvalue weighted by atomic mass is 9.94. The van der Waals surface area contributed by atoms with Gasteiger partial charge in [-0.15, -0.1) is 0 Å². The van der Waals surface area contributed by atoms with Gasteiger partial charge in [-0.25, -0.2) is 4.98 Å². The number of hydrogen-bond acceptors (Lipinski definition) is 2. The maximum atomic E-state index is 6.22. The van der Waals surface area contributed by atoms with Crippen LogP contribution >= 0.6 is 11.6 Å². The SMILES string of the molecule is Clc1ncccc1NC1C2CCC1Cc1ccccc1C2. The van der Waals surface area contributed by atoms with Crippen molar-refractivity contribution in [2.45, 2.75) is 31.7 Å². The molecule has 1 aromatic heterocycles. The molecule has 2 nitrogen and oxygen atoms in total. The molecule has 2 unspecified atom stereocenters. The van der Waals surface area contributed by atoms with Gasteiger partial charge in [-0.3, -0.25) is 0 Å². The Labute approximate surface area is 130 Å². The number of nitrogens with zero attached hydrogens (tertiary/aromatic N) is 1. The van der Waals surface area contributed by atoms with E-state index in [2.05, 4.69) is 34.6 Å². The van der Waals surface area contributed by atoms with Crippen LogP contribution in [0.15, 0.2) is 42.6 Å². The molecule has 0 saturated heterocycles. The molecule has 0 radical (unpaired) electrons. The Morgan fingerprint density at radius 3 is 2.24 bits per heavy atom. The molecule has 2 atom stereocenters. The third-order valence-corrected chi connectivity index (χ3v) is 5.39. The first-order valence-corrected chi connectivity index (χ1v) is 8.13. The van der Waals surface area contributed by atoms with Gasteiger partial charge in [0.2, 0.25) is 0 Å². The molecule has 2 bridgehead atoms. The van der Waals surface area contributed by atoms with Gasteiger partial charge in [0.05, 0.1) is 5.69 Å². The molecule has 1 N–H and O–H groups in total. The number of hydrogen-bond donors (Lipinski definition) is 1. The summed E-state index contributed by atoms with van der Waals surface area (Å²) in [7, 11) is 0. The van der Waals surface area contributed by atoms with E-state index in [0.717, 1.165) is 5.69 Å². The highest BCUT2D eigenvalue weighted by Gasteiger charge is 2.39. The molecule has 0 aliphatic heterocycles. The highest BCUT2D eigenvalue weighted by molar-refractivity contribution is 6.31. The molecule has 108 valence electrons. The van der Waals surface area contributed by atoms with E-state index in [9.17, 15) is 0 Å². The number of rotatable bonds is 2. The molecule has 1 saturated carbocycles. The van der Waals surface area contributed by atoms with Crippen LogP contribution in [0.5, 0.6) is 0 Å². The highest BCUT2D eigenvalue weighted by atomic mass is 35.5. The zero-order chi connectivity index (χ0) is 14.2. The number of nitrogens with one attached hydrogen (secondary N) is 1. The monoisotopic (exact) mass is 298 g/mol. The summed E-state index contributed by atoms with van der Waals surface area (Å²) in [5.41, 5.74) is 4.05. The van der Waals surface area contributed by atoms with Gasteiger partial charge >= 0.3 is 0 Å². The Morgan fingerprint density at radius 1 is 0.952 bits per heavy atom. The Kier molecular flexibility index (Phi) is 3.34. The smallest absolute Gasteiger partial charge is 0.152 e. The van der Waals surface area contributed by atoms with Gasteiger partial charge in [-0.2, -0.15) is 0 Å². The fourth-order valence-electron chi connectivity index (χ4n) is 4.06. The standard InChI is InChI=1S/C18H19ClN2/c19-18-16(6-3-9-20-18)21-17-14-7-8-15(17)11-13-5-2-1-4-12(13)10-14/h1-6,9,14-15,17,21H,7-8,10-11H2. The average Bonchev–Trinajstić information content (AvgIpc) is 2.76. The van der Waals surface area contributed by atoms with Crippen LogP contribution < -0.4 is 5.32 Å². The van der Waals surface area contributed by atoms with E-state index in [4.69, 9.17) is 11.6 Å². The third kappa shape index (κ3) is 2.42. The van der Waals surface area contributed by atoms with E-state index >= 15 is 0 Å². The zero-order valence-corrected chi connectivity index (χ0v) is 12.7. The van der Waals surface area contributed by atoms with Gasteiger partial charge in [0, 0.05) is 12.2 Å². The maximum absolute atomic E-state index is 6.22. The van der Waals surface area contributed by atoms with Crippen molar-refractivity contribution in [3.8, 4) is 0 Å². The van der Waals surface area contributed by atoms with Crippen molar-refractivity contribution in [3.63, 3.8) is 0 Å². The first-order chi connectivity index (χ1) is 10.3. The molecule has 2 aliphatic carbocycles. The summed E-state index contributed by atoms with van der Waals surface area (Å²) in [5, 5.41) is 4.27. The van der Waals surface area contributed by atoms with Gasteiger partial charge in [0.1, 0.15) is 0 Å². The zero-order valence-electron chi connectivity index (χ0n) is 11.9. The van der Waals surface area contributed by atoms with Crippen LogP contribution in [0.1, 0.15) is 24.0 Å². The van der Waals surface area contributed by atoms with Crippen LogP contribution in [0.3, 0.4) is 0 Å². The quantitative estimate of drug-likeness (QED) is 0.834. The molecule has 3 heteroatoms. The summed E-state index contributed by atoms with van der Waals surface area (Å²) in [6, 6.07) is 13.4. The summed E-state index contributed by atoms with van der Waals surface area (Å²) in [4.78, 5) is 4.18. The van der Waals surface area contributed by atoms with Gasteiger partial charge in [-0.05, 0) is 60.8 Å². The van der Waals surface area contributed by atoms with Gasteiger partial charge in [0.15, 0.2) is 5.15 Å². The fraction of sp³-hybridized carbons (Fsp3) is 0.389. The van der Waals surface area contributed by atoms with Crippen LogP contribution in [0.25, 0.3) is 0 Å². The second-order valence-corrected chi connectivity index (χ2v) is 6.64. The minimum atomic E-state index is 0.513. The number of pyridine rings is 1. The molecular formula is C18H19ClN2. The lowest BCUT2D eigenvalue weighted by molar-refractivity contribution is 0.449. The van der Waals surface area contributed by atoms with Gasteiger partial charge in [-0.1, -0.05) is 35.9 Å². The lowest BCUT2D eigenvalue weighted by Gasteiger charge is -2.25. The molecule has 1 fully saturated rings. The van der Waals surface area contributed by atoms with Gasteiger partial charge < -0.3 is 5.32 Å². The van der Waals surface area contributed by atoms with Crippen molar-refractivity contribution in [2.24, 2.45) is 11.8 Å². The largest absolute Gasteiger partial charge is 0.379 e. The summed E-state index contributed by atoms with van der Waals surface area (Å²) in [6.45, 7) is 0. The first-order valence-electron chi connectivity index (χ1n) is 7.75. The van der Waals surface area contributed by atoms with E-state index < -0.39 is 0 Å². The normalized spacial score (nSPS) is 27.0.